The van der Waals surface area contributed by atoms with Crippen LogP contribution in [0.5, 0.6) is 0 Å². The van der Waals surface area contributed by atoms with Crippen molar-refractivity contribution in [3.63, 3.8) is 0 Å². The first-order valence-corrected chi connectivity index (χ1v) is 8.43. The van der Waals surface area contributed by atoms with Gasteiger partial charge in [0, 0.05) is 24.4 Å². The van der Waals surface area contributed by atoms with Crippen molar-refractivity contribution in [3.8, 4) is 0 Å². The van der Waals surface area contributed by atoms with Gasteiger partial charge in [0.25, 0.3) is 0 Å². The van der Waals surface area contributed by atoms with Crippen LogP contribution in [-0.2, 0) is 17.9 Å². The standard InChI is InChI=1S/C16H23F3N4O/c17-16(18,19)9-23-5-4-21-13(23)8-22-15(24)12-6-10-2-1-3-11(7-12)14(10)20/h4-5,10-12,14H,1-3,6-9,20H2,(H,22,24). The molecule has 0 spiro atoms. The SMILES string of the molecule is NC1C2CCCC1CC(C(=O)NCc1nccn1CC(F)(F)F)C2. The van der Waals surface area contributed by atoms with Crippen molar-refractivity contribution < 1.29 is 18.0 Å². The van der Waals surface area contributed by atoms with E-state index in [0.29, 0.717) is 11.8 Å². The Kier molecular flexibility index (Phi) is 4.85. The lowest BCUT2D eigenvalue weighted by atomic mass is 9.65. The summed E-state index contributed by atoms with van der Waals surface area (Å²) in [6.45, 7) is -1.08. The first-order valence-electron chi connectivity index (χ1n) is 8.43. The molecule has 2 saturated carbocycles. The molecule has 0 saturated heterocycles. The smallest absolute Gasteiger partial charge is 0.349 e. The third-order valence-electron chi connectivity index (χ3n) is 5.36. The van der Waals surface area contributed by atoms with Gasteiger partial charge < -0.3 is 15.6 Å². The van der Waals surface area contributed by atoms with E-state index in [4.69, 9.17) is 5.73 Å². The van der Waals surface area contributed by atoms with Crippen LogP contribution in [0, 0.1) is 17.8 Å². The zero-order valence-corrected chi connectivity index (χ0v) is 13.4. The Bertz CT molecular complexity index is 572. The number of imidazole rings is 1. The Morgan fingerprint density at radius 1 is 1.33 bits per heavy atom. The molecule has 3 rings (SSSR count). The molecular formula is C16H23F3N4O. The van der Waals surface area contributed by atoms with E-state index in [1.54, 1.807) is 0 Å². The average Bonchev–Trinajstić information content (AvgIpc) is 2.89. The third kappa shape index (κ3) is 3.91. The fraction of sp³-hybridized carbons (Fsp3) is 0.750. The molecule has 0 radical (unpaired) electrons. The van der Waals surface area contributed by atoms with Crippen molar-refractivity contribution in [3.05, 3.63) is 18.2 Å². The molecule has 24 heavy (non-hydrogen) atoms. The lowest BCUT2D eigenvalue weighted by Gasteiger charge is -2.43. The Morgan fingerprint density at radius 2 is 2.00 bits per heavy atom. The van der Waals surface area contributed by atoms with Gasteiger partial charge in [-0.3, -0.25) is 4.79 Å². The van der Waals surface area contributed by atoms with Crippen LogP contribution in [0.4, 0.5) is 13.2 Å². The molecule has 8 heteroatoms. The van der Waals surface area contributed by atoms with Crippen LogP contribution in [0.3, 0.4) is 0 Å². The number of nitrogens with one attached hydrogen (secondary N) is 1. The summed E-state index contributed by atoms with van der Waals surface area (Å²) >= 11 is 0. The van der Waals surface area contributed by atoms with Crippen molar-refractivity contribution in [2.24, 2.45) is 23.5 Å². The largest absolute Gasteiger partial charge is 0.406 e. The van der Waals surface area contributed by atoms with Gasteiger partial charge in [-0.2, -0.15) is 13.2 Å². The summed E-state index contributed by atoms with van der Waals surface area (Å²) in [6, 6.07) is 0.188. The highest BCUT2D eigenvalue weighted by Crippen LogP contribution is 2.41. The van der Waals surface area contributed by atoms with Gasteiger partial charge in [0.15, 0.2) is 0 Å². The van der Waals surface area contributed by atoms with Gasteiger partial charge in [0.2, 0.25) is 5.91 Å². The molecule has 1 aromatic heterocycles. The molecule has 2 atom stereocenters. The predicted molar refractivity (Wildman–Crippen MR) is 81.7 cm³/mol. The van der Waals surface area contributed by atoms with E-state index >= 15 is 0 Å². The molecule has 3 N–H and O–H groups in total. The molecule has 5 nitrogen and oxygen atoms in total. The molecule has 2 unspecified atom stereocenters. The Hall–Kier alpha value is -1.57. The molecule has 1 amide bonds. The van der Waals surface area contributed by atoms with Gasteiger partial charge in [0.1, 0.15) is 12.4 Å². The number of nitrogens with zero attached hydrogens (tertiary/aromatic N) is 2. The first-order chi connectivity index (χ1) is 11.3. The summed E-state index contributed by atoms with van der Waals surface area (Å²) < 4.78 is 38.5. The maximum atomic E-state index is 12.5. The molecule has 0 aliphatic heterocycles. The summed E-state index contributed by atoms with van der Waals surface area (Å²) in [4.78, 5) is 16.3. The van der Waals surface area contributed by atoms with Crippen LogP contribution >= 0.6 is 0 Å². The Balaban J connectivity index is 1.56. The van der Waals surface area contributed by atoms with E-state index in [2.05, 4.69) is 10.3 Å². The van der Waals surface area contributed by atoms with Crippen molar-refractivity contribution in [2.75, 3.05) is 0 Å². The maximum Gasteiger partial charge on any atom is 0.406 e. The topological polar surface area (TPSA) is 72.9 Å². The molecule has 1 heterocycles. The summed E-state index contributed by atoms with van der Waals surface area (Å²) in [7, 11) is 0. The second-order valence-corrected chi connectivity index (χ2v) is 7.00. The zero-order valence-electron chi connectivity index (χ0n) is 13.4. The number of amides is 1. The number of aromatic nitrogens is 2. The highest BCUT2D eigenvalue weighted by Gasteiger charge is 2.40. The average molecular weight is 344 g/mol. The van der Waals surface area contributed by atoms with Gasteiger partial charge in [-0.15, -0.1) is 0 Å². The fourth-order valence-electron chi connectivity index (χ4n) is 4.16. The second-order valence-electron chi connectivity index (χ2n) is 7.00. The number of alkyl halides is 3. The minimum Gasteiger partial charge on any atom is -0.349 e. The van der Waals surface area contributed by atoms with Gasteiger partial charge in [0.05, 0.1) is 6.54 Å². The van der Waals surface area contributed by atoms with Gasteiger partial charge >= 0.3 is 6.18 Å². The number of rotatable bonds is 4. The van der Waals surface area contributed by atoms with Crippen LogP contribution in [0.25, 0.3) is 0 Å². The van der Waals surface area contributed by atoms with Crippen LogP contribution in [0.15, 0.2) is 12.4 Å². The number of carbonyl (C=O) groups is 1. The van der Waals surface area contributed by atoms with Gasteiger partial charge in [-0.05, 0) is 37.5 Å². The third-order valence-corrected chi connectivity index (χ3v) is 5.36. The maximum absolute atomic E-state index is 12.5. The van der Waals surface area contributed by atoms with Crippen molar-refractivity contribution in [1.82, 2.24) is 14.9 Å². The number of carbonyl (C=O) groups excluding carboxylic acids is 1. The highest BCUT2D eigenvalue weighted by molar-refractivity contribution is 5.78. The molecular weight excluding hydrogens is 321 g/mol. The number of hydrogen-bond donors (Lipinski definition) is 2. The summed E-state index contributed by atoms with van der Waals surface area (Å²) in [5.41, 5.74) is 6.22. The minimum absolute atomic E-state index is 0.0137. The molecule has 2 aliphatic rings. The Labute approximate surface area is 138 Å². The van der Waals surface area contributed by atoms with Crippen molar-refractivity contribution in [2.45, 2.75) is 57.4 Å². The molecule has 0 aromatic carbocycles. The normalized spacial score (nSPS) is 30.2. The zero-order chi connectivity index (χ0) is 17.3. The van der Waals surface area contributed by atoms with E-state index < -0.39 is 12.7 Å². The van der Waals surface area contributed by atoms with Crippen molar-refractivity contribution >= 4 is 5.91 Å². The van der Waals surface area contributed by atoms with Crippen LogP contribution in [-0.4, -0.2) is 27.7 Å². The molecule has 2 fully saturated rings. The van der Waals surface area contributed by atoms with Gasteiger partial charge in [-0.25, -0.2) is 4.98 Å². The van der Waals surface area contributed by atoms with E-state index in [0.717, 1.165) is 30.3 Å². The first kappa shape index (κ1) is 17.3. The number of fused-ring (bicyclic) bond motifs is 2. The predicted octanol–water partition coefficient (Wildman–Crippen LogP) is 2.22. The van der Waals surface area contributed by atoms with E-state index in [1.807, 2.05) is 0 Å². The summed E-state index contributed by atoms with van der Waals surface area (Å²) in [5, 5.41) is 2.75. The summed E-state index contributed by atoms with van der Waals surface area (Å²) in [5.74, 6) is 0.806. The number of halogens is 3. The summed E-state index contributed by atoms with van der Waals surface area (Å²) in [6.07, 6.45) is 3.15. The van der Waals surface area contributed by atoms with Crippen LogP contribution in [0.2, 0.25) is 0 Å². The lowest BCUT2D eigenvalue weighted by Crippen LogP contribution is -2.49. The second kappa shape index (κ2) is 6.74. The molecule has 2 bridgehead atoms. The monoisotopic (exact) mass is 344 g/mol. The van der Waals surface area contributed by atoms with Crippen LogP contribution < -0.4 is 11.1 Å². The van der Waals surface area contributed by atoms with Crippen molar-refractivity contribution in [1.29, 1.82) is 0 Å². The van der Waals surface area contributed by atoms with Gasteiger partial charge in [-0.1, -0.05) is 6.42 Å². The minimum atomic E-state index is -4.31. The highest BCUT2D eigenvalue weighted by atomic mass is 19.4. The molecule has 134 valence electrons. The van der Waals surface area contributed by atoms with E-state index in [9.17, 15) is 18.0 Å². The lowest BCUT2D eigenvalue weighted by molar-refractivity contribution is -0.141. The number of nitrogens with two attached hydrogens (primary N) is 1. The quantitative estimate of drug-likeness (QED) is 0.880. The van der Waals surface area contributed by atoms with E-state index in [1.165, 1.54) is 18.8 Å². The fourth-order valence-corrected chi connectivity index (χ4v) is 4.16. The molecule has 2 aliphatic carbocycles. The Morgan fingerprint density at radius 3 is 2.62 bits per heavy atom. The number of hydrogen-bond acceptors (Lipinski definition) is 3. The van der Waals surface area contributed by atoms with E-state index in [-0.39, 0.29) is 30.2 Å². The van der Waals surface area contributed by atoms with Crippen LogP contribution in [0.1, 0.15) is 37.9 Å². The molecule has 1 aromatic rings.